The van der Waals surface area contributed by atoms with Crippen molar-refractivity contribution in [2.24, 2.45) is 0 Å². The Labute approximate surface area is 282 Å². The second-order valence-electron chi connectivity index (χ2n) is 10.9. The van der Waals surface area contributed by atoms with Crippen LogP contribution < -0.4 is 4.31 Å². The van der Waals surface area contributed by atoms with Crippen LogP contribution in [0.1, 0.15) is 35.6 Å². The molecule has 1 saturated heterocycles. The number of anilines is 1. The predicted octanol–water partition coefficient (Wildman–Crippen LogP) is 7.49. The number of hydrogen-bond acceptors (Lipinski definition) is 6. The van der Waals surface area contributed by atoms with Gasteiger partial charge in [0.2, 0.25) is 10.0 Å². The molecule has 0 spiro atoms. The van der Waals surface area contributed by atoms with Gasteiger partial charge < -0.3 is 20.1 Å². The summed E-state index contributed by atoms with van der Waals surface area (Å²) in [5.41, 5.74) is 7.15. The second kappa shape index (κ2) is 17.9. The van der Waals surface area contributed by atoms with Gasteiger partial charge in [0.15, 0.2) is 0 Å². The Hall–Kier alpha value is -4.83. The zero-order valence-electron chi connectivity index (χ0n) is 27.3. The first-order chi connectivity index (χ1) is 23.3. The van der Waals surface area contributed by atoms with Crippen LogP contribution in [0.4, 0.5) is 10.1 Å². The lowest BCUT2D eigenvalue weighted by Crippen LogP contribution is -2.58. The second-order valence-corrected chi connectivity index (χ2v) is 12.9. The van der Waals surface area contributed by atoms with E-state index < -0.39 is 21.3 Å². The fraction of sp³-hybridized carbons (Fsp3) is 0.205. The zero-order chi connectivity index (χ0) is 35.3. The Bertz CT molecular complexity index is 1810. The van der Waals surface area contributed by atoms with Gasteiger partial charge >= 0.3 is 0 Å². The lowest BCUT2D eigenvalue weighted by atomic mass is 9.94. The van der Waals surface area contributed by atoms with Crippen LogP contribution in [-0.4, -0.2) is 50.0 Å². The molecule has 5 aromatic rings. The van der Waals surface area contributed by atoms with Crippen LogP contribution in [0.25, 0.3) is 22.3 Å². The number of halogens is 1. The van der Waals surface area contributed by atoms with Crippen molar-refractivity contribution in [2.45, 2.75) is 37.5 Å². The van der Waals surface area contributed by atoms with Crippen molar-refractivity contribution in [1.29, 1.82) is 0 Å². The molecule has 0 amide bonds. The molecule has 1 heterocycles. The molecular formula is C39H42FNO6S. The molecule has 5 aromatic carbocycles. The van der Waals surface area contributed by atoms with Gasteiger partial charge in [-0.25, -0.2) is 12.8 Å². The number of carbonyl (C=O) groups is 1. The molecule has 1 fully saturated rings. The lowest BCUT2D eigenvalue weighted by Gasteiger charge is -2.48. The highest BCUT2D eigenvalue weighted by Gasteiger charge is 2.54. The molecular weight excluding hydrogens is 629 g/mol. The van der Waals surface area contributed by atoms with E-state index in [2.05, 4.69) is 0 Å². The van der Waals surface area contributed by atoms with Crippen LogP contribution >= 0.6 is 0 Å². The molecule has 0 bridgehead atoms. The van der Waals surface area contributed by atoms with Gasteiger partial charge in [0.1, 0.15) is 23.6 Å². The minimum atomic E-state index is -3.67. The molecule has 6 rings (SSSR count). The van der Waals surface area contributed by atoms with Gasteiger partial charge in [0, 0.05) is 19.8 Å². The van der Waals surface area contributed by atoms with E-state index in [1.165, 1.54) is 16.4 Å². The molecule has 0 saturated carbocycles. The summed E-state index contributed by atoms with van der Waals surface area (Å²) in [6, 6.07) is 36.8. The number of phenolic OH excluding ortho intramolecular Hbond substituents is 1. The van der Waals surface area contributed by atoms with E-state index in [0.29, 0.717) is 30.5 Å². The maximum absolute atomic E-state index is 13.8. The summed E-state index contributed by atoms with van der Waals surface area (Å²) in [6.45, 7) is 4.03. The molecule has 252 valence electrons. The third-order valence-electron chi connectivity index (χ3n) is 8.09. The lowest BCUT2D eigenvalue weighted by molar-refractivity contribution is -0.0980. The monoisotopic (exact) mass is 671 g/mol. The number of aliphatic hydroxyl groups excluding tert-OH is 2. The highest BCUT2D eigenvalue weighted by atomic mass is 32.2. The molecule has 7 nitrogen and oxygen atoms in total. The van der Waals surface area contributed by atoms with Gasteiger partial charge in [0.05, 0.1) is 11.7 Å². The van der Waals surface area contributed by atoms with Gasteiger partial charge in [-0.15, -0.1) is 0 Å². The fourth-order valence-corrected chi connectivity index (χ4v) is 7.95. The average molecular weight is 672 g/mol. The Morgan fingerprint density at radius 2 is 1.23 bits per heavy atom. The summed E-state index contributed by atoms with van der Waals surface area (Å²) in [7, 11) is -1.67. The van der Waals surface area contributed by atoms with Crippen molar-refractivity contribution in [3.63, 3.8) is 0 Å². The number of sulfonamides is 1. The van der Waals surface area contributed by atoms with Crippen LogP contribution in [0, 0.1) is 12.7 Å². The van der Waals surface area contributed by atoms with E-state index in [4.69, 9.17) is 15.0 Å². The van der Waals surface area contributed by atoms with Crippen LogP contribution in [0.3, 0.4) is 0 Å². The van der Waals surface area contributed by atoms with Gasteiger partial charge in [0.25, 0.3) is 0 Å². The number of aryl methyl sites for hydroxylation is 2. The summed E-state index contributed by atoms with van der Waals surface area (Å²) in [6.07, 6.45) is 1.68. The third kappa shape index (κ3) is 8.55. The SMILES string of the molecule is C=O.CO.CO.Cc1ccc(-c2ccc(C3[C@@H](CCCc4ccc(F)cc4)S(=O)(=O)N3c3ccc(-c4ccccc4)cc3)c(O)c2)cc1. The average Bonchev–Trinajstić information content (AvgIpc) is 3.13. The first kappa shape index (κ1) is 37.6. The molecule has 9 heteroatoms. The van der Waals surface area contributed by atoms with E-state index in [-0.39, 0.29) is 11.6 Å². The molecule has 48 heavy (non-hydrogen) atoms. The van der Waals surface area contributed by atoms with Crippen LogP contribution in [0.5, 0.6) is 5.75 Å². The van der Waals surface area contributed by atoms with Crippen molar-refractivity contribution < 1.29 is 32.9 Å². The topological polar surface area (TPSA) is 115 Å². The van der Waals surface area contributed by atoms with Crippen molar-refractivity contribution in [3.05, 3.63) is 144 Å². The maximum Gasteiger partial charge on any atom is 0.241 e. The van der Waals surface area contributed by atoms with E-state index in [1.54, 1.807) is 18.2 Å². The van der Waals surface area contributed by atoms with Crippen LogP contribution in [0.15, 0.2) is 121 Å². The number of carbonyl (C=O) groups excluding carboxylic acids is 1. The fourth-order valence-electron chi connectivity index (χ4n) is 5.81. The molecule has 1 aliphatic heterocycles. The van der Waals surface area contributed by atoms with Crippen molar-refractivity contribution >= 4 is 22.5 Å². The maximum atomic E-state index is 13.8. The number of nitrogens with zero attached hydrogens (tertiary/aromatic N) is 1. The van der Waals surface area contributed by atoms with Crippen LogP contribution in [0.2, 0.25) is 0 Å². The molecule has 0 aliphatic carbocycles. The Morgan fingerprint density at radius 3 is 1.81 bits per heavy atom. The van der Waals surface area contributed by atoms with Crippen molar-refractivity contribution in [1.82, 2.24) is 0 Å². The van der Waals surface area contributed by atoms with Crippen molar-refractivity contribution in [2.75, 3.05) is 18.5 Å². The highest BCUT2D eigenvalue weighted by molar-refractivity contribution is 7.95. The number of phenols is 1. The summed E-state index contributed by atoms with van der Waals surface area (Å²) < 4.78 is 42.4. The first-order valence-electron chi connectivity index (χ1n) is 15.3. The predicted molar refractivity (Wildman–Crippen MR) is 191 cm³/mol. The van der Waals surface area contributed by atoms with E-state index in [9.17, 15) is 17.9 Å². The molecule has 1 unspecified atom stereocenters. The number of aliphatic hydroxyl groups is 2. The Kier molecular flexibility index (Phi) is 14.0. The largest absolute Gasteiger partial charge is 0.508 e. The standard InChI is InChI=1S/C36H32FNO3S.2CH4O.CH2O/c1-25-10-14-29(15-11-25)30-18-23-33(34(39)24-30)36-35(9-5-6-26-12-19-31(37)20-13-26)42(40,41)38(36)32-21-16-28(17-22-32)27-7-3-2-4-8-27;3*1-2/h2-4,7-8,10-24,35-36,39H,5-6,9H2,1H3;2*2H,1H3;1H2/t35-,36?;;;/m1.../s1. The number of rotatable bonds is 8. The number of aromatic hydroxyl groups is 1. The van der Waals surface area contributed by atoms with Gasteiger partial charge in [-0.3, -0.25) is 4.31 Å². The summed E-state index contributed by atoms with van der Waals surface area (Å²) in [4.78, 5) is 8.00. The first-order valence-corrected chi connectivity index (χ1v) is 16.8. The molecule has 0 aromatic heterocycles. The summed E-state index contributed by atoms with van der Waals surface area (Å²) in [5, 5.41) is 24.6. The molecule has 3 N–H and O–H groups in total. The van der Waals surface area contributed by atoms with E-state index in [0.717, 1.165) is 47.6 Å². The number of benzene rings is 5. The summed E-state index contributed by atoms with van der Waals surface area (Å²) >= 11 is 0. The Balaban J connectivity index is 0.000000987. The quantitative estimate of drug-likeness (QED) is 0.158. The van der Waals surface area contributed by atoms with E-state index in [1.807, 2.05) is 105 Å². The Morgan fingerprint density at radius 1 is 0.708 bits per heavy atom. The number of hydrogen-bond donors (Lipinski definition) is 3. The minimum Gasteiger partial charge on any atom is -0.508 e. The molecule has 0 radical (unpaired) electrons. The van der Waals surface area contributed by atoms with Gasteiger partial charge in [-0.1, -0.05) is 96.6 Å². The molecule has 1 aliphatic rings. The minimum absolute atomic E-state index is 0.0717. The third-order valence-corrected chi connectivity index (χ3v) is 10.3. The van der Waals surface area contributed by atoms with Crippen molar-refractivity contribution in [3.8, 4) is 28.0 Å². The highest BCUT2D eigenvalue weighted by Crippen LogP contribution is 2.50. The smallest absolute Gasteiger partial charge is 0.241 e. The molecule has 2 atom stereocenters. The van der Waals surface area contributed by atoms with Gasteiger partial charge in [-0.2, -0.15) is 0 Å². The van der Waals surface area contributed by atoms with E-state index >= 15 is 0 Å². The van der Waals surface area contributed by atoms with Gasteiger partial charge in [-0.05, 0) is 84.3 Å². The zero-order valence-corrected chi connectivity index (χ0v) is 28.1. The summed E-state index contributed by atoms with van der Waals surface area (Å²) in [5.74, 6) is -0.221. The van der Waals surface area contributed by atoms with Crippen LogP contribution in [-0.2, 0) is 21.2 Å². The normalized spacial score (nSPS) is 15.7.